The zero-order valence-corrected chi connectivity index (χ0v) is 12.2. The van der Waals surface area contributed by atoms with Gasteiger partial charge in [-0.1, -0.05) is 0 Å². The van der Waals surface area contributed by atoms with Gasteiger partial charge in [-0.05, 0) is 24.3 Å². The normalized spacial score (nSPS) is 15.5. The Morgan fingerprint density at radius 3 is 2.24 bits per heavy atom. The van der Waals surface area contributed by atoms with E-state index in [0.29, 0.717) is 12.1 Å². The standard InChI is InChI=1S/C15H21N3O3/c1-12(19)16-13-2-4-14(5-3-13)17-15(20)6-7-18-8-10-21-11-9-18/h2-5H,6-11H2,1H3,(H,16,19)(H,17,20). The van der Waals surface area contributed by atoms with Gasteiger partial charge in [0.15, 0.2) is 0 Å². The molecule has 0 bridgehead atoms. The van der Waals surface area contributed by atoms with Crippen LogP contribution in [0.15, 0.2) is 24.3 Å². The number of ether oxygens (including phenoxy) is 1. The van der Waals surface area contributed by atoms with Crippen molar-refractivity contribution >= 4 is 23.2 Å². The Labute approximate surface area is 124 Å². The maximum absolute atomic E-state index is 11.9. The zero-order chi connectivity index (χ0) is 15.1. The lowest BCUT2D eigenvalue weighted by Gasteiger charge is -2.26. The average molecular weight is 291 g/mol. The number of morpholine rings is 1. The third-order valence-corrected chi connectivity index (χ3v) is 3.25. The van der Waals surface area contributed by atoms with E-state index in [0.717, 1.165) is 38.5 Å². The van der Waals surface area contributed by atoms with Gasteiger partial charge in [-0.2, -0.15) is 0 Å². The first kappa shape index (κ1) is 15.5. The van der Waals surface area contributed by atoms with Gasteiger partial charge in [0, 0.05) is 44.4 Å². The molecule has 2 rings (SSSR count). The van der Waals surface area contributed by atoms with E-state index in [-0.39, 0.29) is 11.8 Å². The van der Waals surface area contributed by atoms with Crippen molar-refractivity contribution in [2.24, 2.45) is 0 Å². The molecule has 114 valence electrons. The average Bonchev–Trinajstić information content (AvgIpc) is 2.48. The lowest BCUT2D eigenvalue weighted by atomic mass is 10.2. The fourth-order valence-electron chi connectivity index (χ4n) is 2.15. The number of carbonyl (C=O) groups excluding carboxylic acids is 2. The fraction of sp³-hybridized carbons (Fsp3) is 0.467. The topological polar surface area (TPSA) is 70.7 Å². The zero-order valence-electron chi connectivity index (χ0n) is 12.2. The summed E-state index contributed by atoms with van der Waals surface area (Å²) in [7, 11) is 0. The van der Waals surface area contributed by atoms with Crippen molar-refractivity contribution in [2.45, 2.75) is 13.3 Å². The molecule has 0 spiro atoms. The quantitative estimate of drug-likeness (QED) is 0.858. The van der Waals surface area contributed by atoms with E-state index in [9.17, 15) is 9.59 Å². The number of amides is 2. The van der Waals surface area contributed by atoms with Crippen LogP contribution >= 0.6 is 0 Å². The lowest BCUT2D eigenvalue weighted by Crippen LogP contribution is -2.38. The van der Waals surface area contributed by atoms with E-state index >= 15 is 0 Å². The minimum atomic E-state index is -0.114. The van der Waals surface area contributed by atoms with Gasteiger partial charge in [-0.15, -0.1) is 0 Å². The maximum atomic E-state index is 11.9. The molecule has 0 aliphatic carbocycles. The van der Waals surface area contributed by atoms with Gasteiger partial charge < -0.3 is 15.4 Å². The molecule has 1 fully saturated rings. The van der Waals surface area contributed by atoms with Crippen molar-refractivity contribution in [3.8, 4) is 0 Å². The highest BCUT2D eigenvalue weighted by atomic mass is 16.5. The molecule has 1 aliphatic rings. The van der Waals surface area contributed by atoms with E-state index in [2.05, 4.69) is 15.5 Å². The Hall–Kier alpha value is -1.92. The molecule has 0 saturated carbocycles. The van der Waals surface area contributed by atoms with Crippen LogP contribution in [-0.2, 0) is 14.3 Å². The lowest BCUT2D eigenvalue weighted by molar-refractivity contribution is -0.117. The van der Waals surface area contributed by atoms with Crippen LogP contribution in [-0.4, -0.2) is 49.6 Å². The number of benzene rings is 1. The molecule has 1 heterocycles. The molecule has 2 N–H and O–H groups in total. The van der Waals surface area contributed by atoms with Crippen molar-refractivity contribution in [3.63, 3.8) is 0 Å². The van der Waals surface area contributed by atoms with Gasteiger partial charge in [0.25, 0.3) is 0 Å². The van der Waals surface area contributed by atoms with Crippen LogP contribution in [0.4, 0.5) is 11.4 Å². The Bertz CT molecular complexity index is 481. The van der Waals surface area contributed by atoms with Crippen LogP contribution in [0, 0.1) is 0 Å². The molecule has 1 aliphatic heterocycles. The van der Waals surface area contributed by atoms with Crippen LogP contribution in [0.5, 0.6) is 0 Å². The predicted molar refractivity (Wildman–Crippen MR) is 81.3 cm³/mol. The molecular formula is C15H21N3O3. The number of nitrogens with zero attached hydrogens (tertiary/aromatic N) is 1. The number of rotatable bonds is 5. The minimum absolute atomic E-state index is 0.00577. The molecule has 2 amide bonds. The molecule has 6 nitrogen and oxygen atoms in total. The van der Waals surface area contributed by atoms with Gasteiger partial charge in [-0.25, -0.2) is 0 Å². The fourth-order valence-corrected chi connectivity index (χ4v) is 2.15. The Kier molecular flexibility index (Phi) is 5.71. The van der Waals surface area contributed by atoms with Gasteiger partial charge in [0.1, 0.15) is 0 Å². The van der Waals surface area contributed by atoms with Crippen molar-refractivity contribution in [1.29, 1.82) is 0 Å². The monoisotopic (exact) mass is 291 g/mol. The summed E-state index contributed by atoms with van der Waals surface area (Å²) in [5, 5.41) is 5.54. The molecule has 1 saturated heterocycles. The van der Waals surface area contributed by atoms with Crippen molar-refractivity contribution in [2.75, 3.05) is 43.5 Å². The summed E-state index contributed by atoms with van der Waals surface area (Å²) in [5.41, 5.74) is 1.45. The smallest absolute Gasteiger partial charge is 0.225 e. The van der Waals surface area contributed by atoms with Crippen LogP contribution < -0.4 is 10.6 Å². The van der Waals surface area contributed by atoms with Crippen molar-refractivity contribution in [3.05, 3.63) is 24.3 Å². The molecule has 0 radical (unpaired) electrons. The van der Waals surface area contributed by atoms with E-state index < -0.39 is 0 Å². The summed E-state index contributed by atoms with van der Waals surface area (Å²) in [4.78, 5) is 25.0. The molecule has 0 unspecified atom stereocenters. The molecule has 21 heavy (non-hydrogen) atoms. The molecule has 6 heteroatoms. The van der Waals surface area contributed by atoms with Crippen LogP contribution in [0.3, 0.4) is 0 Å². The van der Waals surface area contributed by atoms with Gasteiger partial charge >= 0.3 is 0 Å². The first-order valence-electron chi connectivity index (χ1n) is 7.11. The molecule has 0 atom stereocenters. The second-order valence-corrected chi connectivity index (χ2v) is 5.01. The first-order chi connectivity index (χ1) is 10.1. The van der Waals surface area contributed by atoms with Crippen LogP contribution in [0.25, 0.3) is 0 Å². The first-order valence-corrected chi connectivity index (χ1v) is 7.11. The third kappa shape index (κ3) is 5.53. The number of hydrogen-bond donors (Lipinski definition) is 2. The Morgan fingerprint density at radius 1 is 1.10 bits per heavy atom. The number of hydrogen-bond acceptors (Lipinski definition) is 4. The van der Waals surface area contributed by atoms with E-state index in [4.69, 9.17) is 4.74 Å². The van der Waals surface area contributed by atoms with E-state index in [1.165, 1.54) is 6.92 Å². The minimum Gasteiger partial charge on any atom is -0.379 e. The molecule has 1 aromatic carbocycles. The summed E-state index contributed by atoms with van der Waals surface area (Å²) in [6.07, 6.45) is 0.466. The highest BCUT2D eigenvalue weighted by Gasteiger charge is 2.12. The molecule has 1 aromatic rings. The summed E-state index contributed by atoms with van der Waals surface area (Å²) >= 11 is 0. The SMILES string of the molecule is CC(=O)Nc1ccc(NC(=O)CCN2CCOCC2)cc1. The Morgan fingerprint density at radius 2 is 1.67 bits per heavy atom. The number of anilines is 2. The van der Waals surface area contributed by atoms with E-state index in [1.54, 1.807) is 24.3 Å². The van der Waals surface area contributed by atoms with Crippen LogP contribution in [0.1, 0.15) is 13.3 Å². The Balaban J connectivity index is 1.75. The van der Waals surface area contributed by atoms with Crippen molar-refractivity contribution < 1.29 is 14.3 Å². The second-order valence-electron chi connectivity index (χ2n) is 5.01. The highest BCUT2D eigenvalue weighted by molar-refractivity contribution is 5.92. The van der Waals surface area contributed by atoms with Crippen molar-refractivity contribution in [1.82, 2.24) is 4.90 Å². The second kappa shape index (κ2) is 7.75. The summed E-state index contributed by atoms with van der Waals surface area (Å²) in [5.74, 6) is -0.119. The summed E-state index contributed by atoms with van der Waals surface area (Å²) in [6, 6.07) is 7.08. The molecular weight excluding hydrogens is 270 g/mol. The number of nitrogens with one attached hydrogen (secondary N) is 2. The van der Waals surface area contributed by atoms with Gasteiger partial charge in [0.2, 0.25) is 11.8 Å². The highest BCUT2D eigenvalue weighted by Crippen LogP contribution is 2.13. The largest absolute Gasteiger partial charge is 0.379 e. The predicted octanol–water partition coefficient (Wildman–Crippen LogP) is 1.31. The maximum Gasteiger partial charge on any atom is 0.225 e. The van der Waals surface area contributed by atoms with E-state index in [1.807, 2.05) is 0 Å². The van der Waals surface area contributed by atoms with Crippen LogP contribution in [0.2, 0.25) is 0 Å². The van der Waals surface area contributed by atoms with Gasteiger partial charge in [-0.3, -0.25) is 14.5 Å². The molecule has 0 aromatic heterocycles. The summed E-state index contributed by atoms with van der Waals surface area (Å²) in [6.45, 7) is 5.47. The van der Waals surface area contributed by atoms with Gasteiger partial charge in [0.05, 0.1) is 13.2 Å². The number of carbonyl (C=O) groups is 2. The third-order valence-electron chi connectivity index (χ3n) is 3.25. The summed E-state index contributed by atoms with van der Waals surface area (Å²) < 4.78 is 5.27.